The van der Waals surface area contributed by atoms with Crippen molar-refractivity contribution in [1.82, 2.24) is 15.0 Å². The summed E-state index contributed by atoms with van der Waals surface area (Å²) in [5, 5.41) is 7.83. The zero-order valence-electron chi connectivity index (χ0n) is 7.27. The Bertz CT molecular complexity index is 274. The SMILES string of the molecule is CC1=CCCCC1n1ccnn1. The van der Waals surface area contributed by atoms with Crippen LogP contribution in [-0.2, 0) is 0 Å². The normalized spacial score (nSPS) is 23.8. The molecule has 1 heterocycles. The Kier molecular flexibility index (Phi) is 1.94. The van der Waals surface area contributed by atoms with Crippen molar-refractivity contribution in [3.8, 4) is 0 Å². The van der Waals surface area contributed by atoms with Crippen LogP contribution in [0.1, 0.15) is 32.2 Å². The smallest absolute Gasteiger partial charge is 0.0743 e. The molecule has 0 spiro atoms. The van der Waals surface area contributed by atoms with Crippen LogP contribution < -0.4 is 0 Å². The minimum Gasteiger partial charge on any atom is -0.245 e. The van der Waals surface area contributed by atoms with Crippen molar-refractivity contribution < 1.29 is 0 Å². The van der Waals surface area contributed by atoms with E-state index in [0.717, 1.165) is 0 Å². The molecule has 0 saturated carbocycles. The predicted octanol–water partition coefficient (Wildman–Crippen LogP) is 1.95. The zero-order valence-corrected chi connectivity index (χ0v) is 7.27. The second-order valence-corrected chi connectivity index (χ2v) is 3.28. The first-order chi connectivity index (χ1) is 5.88. The van der Waals surface area contributed by atoms with E-state index >= 15 is 0 Å². The molecular formula is C9H13N3. The molecule has 0 bridgehead atoms. The van der Waals surface area contributed by atoms with Crippen LogP contribution in [0, 0.1) is 0 Å². The van der Waals surface area contributed by atoms with Gasteiger partial charge in [0.2, 0.25) is 0 Å². The van der Waals surface area contributed by atoms with Gasteiger partial charge in [0, 0.05) is 6.20 Å². The van der Waals surface area contributed by atoms with Gasteiger partial charge in [0.05, 0.1) is 12.2 Å². The zero-order chi connectivity index (χ0) is 8.39. The first-order valence-corrected chi connectivity index (χ1v) is 4.40. The summed E-state index contributed by atoms with van der Waals surface area (Å²) in [7, 11) is 0. The summed E-state index contributed by atoms with van der Waals surface area (Å²) < 4.78 is 1.95. The van der Waals surface area contributed by atoms with Crippen molar-refractivity contribution in [3.05, 3.63) is 24.0 Å². The van der Waals surface area contributed by atoms with Crippen LogP contribution in [-0.4, -0.2) is 15.0 Å². The van der Waals surface area contributed by atoms with Gasteiger partial charge >= 0.3 is 0 Å². The largest absolute Gasteiger partial charge is 0.245 e. The Balaban J connectivity index is 2.23. The molecule has 0 radical (unpaired) electrons. The molecule has 3 heteroatoms. The van der Waals surface area contributed by atoms with E-state index in [1.807, 2.05) is 10.9 Å². The lowest BCUT2D eigenvalue weighted by Crippen LogP contribution is -2.13. The Morgan fingerprint density at radius 2 is 2.50 bits per heavy atom. The number of rotatable bonds is 1. The van der Waals surface area contributed by atoms with Gasteiger partial charge in [-0.1, -0.05) is 16.9 Å². The van der Waals surface area contributed by atoms with E-state index in [1.165, 1.54) is 24.8 Å². The number of nitrogens with zero attached hydrogens (tertiary/aromatic N) is 3. The molecule has 2 rings (SSSR count). The maximum absolute atomic E-state index is 4.02. The second-order valence-electron chi connectivity index (χ2n) is 3.28. The highest BCUT2D eigenvalue weighted by molar-refractivity contribution is 5.09. The predicted molar refractivity (Wildman–Crippen MR) is 46.7 cm³/mol. The molecule has 1 aromatic heterocycles. The number of allylic oxidation sites excluding steroid dienone is 2. The van der Waals surface area contributed by atoms with Gasteiger partial charge in [-0.25, -0.2) is 4.68 Å². The first-order valence-electron chi connectivity index (χ1n) is 4.40. The summed E-state index contributed by atoms with van der Waals surface area (Å²) in [5.41, 5.74) is 1.42. The second kappa shape index (κ2) is 3.09. The Labute approximate surface area is 72.1 Å². The van der Waals surface area contributed by atoms with Gasteiger partial charge in [-0.05, 0) is 26.2 Å². The van der Waals surface area contributed by atoms with Gasteiger partial charge in [0.1, 0.15) is 0 Å². The fourth-order valence-corrected chi connectivity index (χ4v) is 1.73. The summed E-state index contributed by atoms with van der Waals surface area (Å²) >= 11 is 0. The number of aromatic nitrogens is 3. The maximum Gasteiger partial charge on any atom is 0.0743 e. The van der Waals surface area contributed by atoms with Gasteiger partial charge in [0.15, 0.2) is 0 Å². The van der Waals surface area contributed by atoms with E-state index in [1.54, 1.807) is 6.20 Å². The third kappa shape index (κ3) is 1.26. The minimum absolute atomic E-state index is 0.459. The van der Waals surface area contributed by atoms with E-state index in [4.69, 9.17) is 0 Å². The molecule has 1 aliphatic rings. The molecule has 0 saturated heterocycles. The van der Waals surface area contributed by atoms with Gasteiger partial charge < -0.3 is 0 Å². The molecule has 1 aromatic rings. The first kappa shape index (κ1) is 7.53. The van der Waals surface area contributed by atoms with Crippen molar-refractivity contribution in [2.45, 2.75) is 32.2 Å². The van der Waals surface area contributed by atoms with Crippen LogP contribution in [0.5, 0.6) is 0 Å². The van der Waals surface area contributed by atoms with Crippen LogP contribution >= 0.6 is 0 Å². The molecular weight excluding hydrogens is 150 g/mol. The summed E-state index contributed by atoms with van der Waals surface area (Å²) in [6.07, 6.45) is 9.66. The molecule has 0 N–H and O–H groups in total. The van der Waals surface area contributed by atoms with Crippen LogP contribution in [0.3, 0.4) is 0 Å². The fourth-order valence-electron chi connectivity index (χ4n) is 1.73. The molecule has 1 atom stereocenters. The fraction of sp³-hybridized carbons (Fsp3) is 0.556. The topological polar surface area (TPSA) is 30.7 Å². The van der Waals surface area contributed by atoms with E-state index in [0.29, 0.717) is 6.04 Å². The Hall–Kier alpha value is -1.12. The summed E-state index contributed by atoms with van der Waals surface area (Å²) in [4.78, 5) is 0. The van der Waals surface area contributed by atoms with Crippen LogP contribution in [0.2, 0.25) is 0 Å². The van der Waals surface area contributed by atoms with E-state index in [9.17, 15) is 0 Å². The highest BCUT2D eigenvalue weighted by atomic mass is 15.4. The third-order valence-corrected chi connectivity index (χ3v) is 2.43. The molecule has 3 nitrogen and oxygen atoms in total. The van der Waals surface area contributed by atoms with Gasteiger partial charge in [-0.2, -0.15) is 0 Å². The van der Waals surface area contributed by atoms with Crippen LogP contribution in [0.15, 0.2) is 24.0 Å². The van der Waals surface area contributed by atoms with Crippen LogP contribution in [0.4, 0.5) is 0 Å². The van der Waals surface area contributed by atoms with Crippen molar-refractivity contribution in [3.63, 3.8) is 0 Å². The molecule has 64 valence electrons. The third-order valence-electron chi connectivity index (χ3n) is 2.43. The molecule has 12 heavy (non-hydrogen) atoms. The standard InChI is InChI=1S/C9H13N3/c1-8-4-2-3-5-9(8)12-7-6-10-11-12/h4,6-7,9H,2-3,5H2,1H3. The summed E-state index contributed by atoms with van der Waals surface area (Å²) in [6.45, 7) is 2.17. The van der Waals surface area contributed by atoms with E-state index in [2.05, 4.69) is 23.3 Å². The molecule has 1 unspecified atom stereocenters. The van der Waals surface area contributed by atoms with Crippen LogP contribution in [0.25, 0.3) is 0 Å². The highest BCUT2D eigenvalue weighted by Gasteiger charge is 2.15. The molecule has 0 amide bonds. The average molecular weight is 163 g/mol. The molecule has 0 fully saturated rings. The molecule has 1 aliphatic carbocycles. The van der Waals surface area contributed by atoms with Gasteiger partial charge in [-0.15, -0.1) is 5.10 Å². The monoisotopic (exact) mass is 163 g/mol. The van der Waals surface area contributed by atoms with E-state index in [-0.39, 0.29) is 0 Å². The van der Waals surface area contributed by atoms with Crippen molar-refractivity contribution in [2.24, 2.45) is 0 Å². The average Bonchev–Trinajstić information content (AvgIpc) is 2.57. The minimum atomic E-state index is 0.459. The highest BCUT2D eigenvalue weighted by Crippen LogP contribution is 2.27. The summed E-state index contributed by atoms with van der Waals surface area (Å²) in [6, 6.07) is 0.459. The molecule has 0 aliphatic heterocycles. The number of hydrogen-bond donors (Lipinski definition) is 0. The van der Waals surface area contributed by atoms with Crippen molar-refractivity contribution in [2.75, 3.05) is 0 Å². The number of hydrogen-bond acceptors (Lipinski definition) is 2. The Morgan fingerprint density at radius 3 is 3.17 bits per heavy atom. The van der Waals surface area contributed by atoms with E-state index < -0.39 is 0 Å². The van der Waals surface area contributed by atoms with Crippen molar-refractivity contribution in [1.29, 1.82) is 0 Å². The Morgan fingerprint density at radius 1 is 1.58 bits per heavy atom. The maximum atomic E-state index is 4.02. The van der Waals surface area contributed by atoms with Gasteiger partial charge in [0.25, 0.3) is 0 Å². The molecule has 0 aromatic carbocycles. The summed E-state index contributed by atoms with van der Waals surface area (Å²) in [5.74, 6) is 0. The lowest BCUT2D eigenvalue weighted by atomic mass is 9.96. The van der Waals surface area contributed by atoms with Gasteiger partial charge in [-0.3, -0.25) is 0 Å². The quantitative estimate of drug-likeness (QED) is 0.592. The lowest BCUT2D eigenvalue weighted by molar-refractivity contribution is 0.440. The lowest BCUT2D eigenvalue weighted by Gasteiger charge is -2.21. The van der Waals surface area contributed by atoms with Crippen molar-refractivity contribution >= 4 is 0 Å².